The van der Waals surface area contributed by atoms with E-state index in [4.69, 9.17) is 3.47 Å². The first kappa shape index (κ1) is 17.3. The topological polar surface area (TPSA) is 47.1 Å². The van der Waals surface area contributed by atoms with Crippen LogP contribution in [0.1, 0.15) is 0 Å². The fourth-order valence-electron chi connectivity index (χ4n) is 0. The maximum absolute atomic E-state index is 8.31. The zero-order valence-electron chi connectivity index (χ0n) is 2.23. The van der Waals surface area contributed by atoms with Gasteiger partial charge in [0, 0.05) is 0 Å². The van der Waals surface area contributed by atoms with Crippen LogP contribution in [0.2, 0.25) is 0 Å². The molecule has 4 heavy (non-hydrogen) atoms. The molecule has 0 bridgehead atoms. The minimum atomic E-state index is 0. The molecule has 2 nitrogen and oxygen atoms in total. The Bertz CT molecular complexity index is 6.00. The van der Waals surface area contributed by atoms with Gasteiger partial charge in [0.05, 0.1) is 0 Å². The minimum absolute atomic E-state index is 0. The van der Waals surface area contributed by atoms with E-state index in [9.17, 15) is 0 Å². The van der Waals surface area contributed by atoms with E-state index in [2.05, 4.69) is 0 Å². The van der Waals surface area contributed by atoms with Gasteiger partial charge in [0.15, 0.2) is 0 Å². The fourth-order valence-corrected chi connectivity index (χ4v) is 0. The van der Waals surface area contributed by atoms with E-state index in [1.165, 1.54) is 0 Å². The van der Waals surface area contributed by atoms with Crippen LogP contribution in [-0.4, -0.2) is 43.2 Å². The maximum atomic E-state index is 8.31. The molecule has 0 aromatic carbocycles. The number of rotatable bonds is 0. The summed E-state index contributed by atoms with van der Waals surface area (Å²) in [7, 11) is 0. The molecule has 0 aliphatic heterocycles. The van der Waals surface area contributed by atoms with E-state index in [-0.39, 0.29) is 43.2 Å². The second-order valence-corrected chi connectivity index (χ2v) is 0. The van der Waals surface area contributed by atoms with Crippen LogP contribution in [0.15, 0.2) is 0 Å². The van der Waals surface area contributed by atoms with Gasteiger partial charge in [-0.25, -0.2) is 0 Å². The molecule has 23 valence electrons. The molecule has 0 heterocycles. The standard InChI is InChI=1S/Ca.H2O.O.Re.H/h;1H2;;;/q+1;;;;/p-1. The van der Waals surface area contributed by atoms with Gasteiger partial charge in [0.1, 0.15) is 0 Å². The summed E-state index contributed by atoms with van der Waals surface area (Å²) < 4.78 is 8.31. The summed E-state index contributed by atoms with van der Waals surface area (Å²) in [6.45, 7) is 0. The Morgan fingerprint density at radius 1 is 1.25 bits per heavy atom. The molecule has 4 heteroatoms. The van der Waals surface area contributed by atoms with Crippen LogP contribution in [0.5, 0.6) is 0 Å². The van der Waals surface area contributed by atoms with Crippen molar-refractivity contribution >= 4 is 37.7 Å². The molecule has 0 saturated carbocycles. The fraction of sp³-hybridized carbons (Fsp3) is 0. The zero-order valence-corrected chi connectivity index (χ0v) is 8.07. The van der Waals surface area contributed by atoms with E-state index < -0.39 is 0 Å². The Morgan fingerprint density at radius 3 is 1.25 bits per heavy atom. The molecule has 0 rings (SSSR count). The van der Waals surface area contributed by atoms with Gasteiger partial charge in [-0.1, -0.05) is 0 Å². The molecule has 0 saturated heterocycles. The molecule has 0 atom stereocenters. The van der Waals surface area contributed by atoms with Crippen LogP contribution in [-0.2, 0) is 22.6 Å². The van der Waals surface area contributed by atoms with E-state index in [0.717, 1.165) is 0 Å². The molecular weight excluding hydrogens is 258 g/mol. The van der Waals surface area contributed by atoms with Crippen molar-refractivity contribution in [3.63, 3.8) is 0 Å². The summed E-state index contributed by atoms with van der Waals surface area (Å²) in [4.78, 5) is 0. The second kappa shape index (κ2) is 22.4. The molecule has 0 radical (unpaired) electrons. The van der Waals surface area contributed by atoms with Crippen LogP contribution in [0, 0.1) is 0 Å². The molecule has 0 spiro atoms. The first-order valence-corrected chi connectivity index (χ1v) is 1.26. The molecule has 1 N–H and O–H groups in total. The van der Waals surface area contributed by atoms with Crippen LogP contribution >= 0.6 is 0 Å². The van der Waals surface area contributed by atoms with Crippen molar-refractivity contribution in [1.29, 1.82) is 0 Å². The predicted octanol–water partition coefficient (Wildman–Crippen LogP) is -0.947. The van der Waals surface area contributed by atoms with E-state index in [1.807, 2.05) is 0 Å². The van der Waals surface area contributed by atoms with Crippen molar-refractivity contribution in [1.82, 2.24) is 0 Å². The predicted molar refractivity (Wildman–Crippen MR) is 9.77 cm³/mol. The summed E-state index contributed by atoms with van der Waals surface area (Å²) in [5.41, 5.74) is 0. The second-order valence-electron chi connectivity index (χ2n) is 0. The number of hydrogen-bond acceptors (Lipinski definition) is 2. The van der Waals surface area contributed by atoms with Crippen molar-refractivity contribution in [3.8, 4) is 0 Å². The Morgan fingerprint density at radius 2 is 1.25 bits per heavy atom. The Balaban J connectivity index is -0.00000000500. The molecule has 0 aliphatic carbocycles. The normalized spacial score (nSPS) is 1.00. The van der Waals surface area contributed by atoms with Gasteiger partial charge in [0.25, 0.3) is 0 Å². The van der Waals surface area contributed by atoms with Crippen LogP contribution in [0.25, 0.3) is 0 Å². The SMILES string of the molecule is [CaH+].[OH-].[O]=[Re]. The summed E-state index contributed by atoms with van der Waals surface area (Å²) in [6, 6.07) is 0. The van der Waals surface area contributed by atoms with Gasteiger partial charge in [-0.05, 0) is 0 Å². The molecule has 0 aromatic heterocycles. The van der Waals surface area contributed by atoms with Gasteiger partial charge in [-0.2, -0.15) is 0 Å². The quantitative estimate of drug-likeness (QED) is 0.527. The average molecular weight is 260 g/mol. The Hall–Kier alpha value is 1.68. The molecule has 0 unspecified atom stereocenters. The van der Waals surface area contributed by atoms with Gasteiger partial charge in [-0.15, -0.1) is 0 Å². The van der Waals surface area contributed by atoms with Crippen molar-refractivity contribution in [2.75, 3.05) is 0 Å². The van der Waals surface area contributed by atoms with Gasteiger partial charge in [0.2, 0.25) is 0 Å². The molecule has 0 fully saturated rings. The summed E-state index contributed by atoms with van der Waals surface area (Å²) in [5.74, 6) is 0. The van der Waals surface area contributed by atoms with Gasteiger partial charge < -0.3 is 5.48 Å². The third-order valence-electron chi connectivity index (χ3n) is 0. The van der Waals surface area contributed by atoms with Crippen molar-refractivity contribution in [2.24, 2.45) is 0 Å². The van der Waals surface area contributed by atoms with Crippen LogP contribution in [0.4, 0.5) is 0 Å². The summed E-state index contributed by atoms with van der Waals surface area (Å²) >= 11 is 0.472. The Kier molecular flexibility index (Phi) is 97.1. The molecule has 0 amide bonds. The zero-order chi connectivity index (χ0) is 2.00. The first-order chi connectivity index (χ1) is 1.00. The third kappa shape index (κ3) is 9.36. The Labute approximate surface area is 65.0 Å². The van der Waals surface area contributed by atoms with E-state index >= 15 is 0 Å². The summed E-state index contributed by atoms with van der Waals surface area (Å²) in [5, 5.41) is 0. The number of hydrogen-bond donors (Lipinski definition) is 0. The summed E-state index contributed by atoms with van der Waals surface area (Å²) in [6.07, 6.45) is 0. The van der Waals surface area contributed by atoms with Crippen molar-refractivity contribution < 1.29 is 28.1 Å². The average Bonchev–Trinajstić information content (AvgIpc) is 1.00. The van der Waals surface area contributed by atoms with Gasteiger partial charge >= 0.3 is 60.4 Å². The van der Waals surface area contributed by atoms with Crippen LogP contribution < -0.4 is 0 Å². The van der Waals surface area contributed by atoms with E-state index in [1.54, 1.807) is 0 Å². The molecule has 0 aromatic rings. The van der Waals surface area contributed by atoms with E-state index in [0.29, 0.717) is 19.2 Å². The third-order valence-corrected chi connectivity index (χ3v) is 0. The van der Waals surface area contributed by atoms with Crippen molar-refractivity contribution in [3.05, 3.63) is 0 Å². The van der Waals surface area contributed by atoms with Crippen LogP contribution in [0.3, 0.4) is 0 Å². The monoisotopic (exact) mass is 261 g/mol. The molecular formula is H2CaO2Re. The molecule has 0 aliphatic rings. The van der Waals surface area contributed by atoms with Gasteiger partial charge in [-0.3, -0.25) is 0 Å². The first-order valence-electron chi connectivity index (χ1n) is 0.154. The van der Waals surface area contributed by atoms with Crippen molar-refractivity contribution in [2.45, 2.75) is 0 Å².